The zero-order valence-corrected chi connectivity index (χ0v) is 8.83. The first kappa shape index (κ1) is 9.92. The summed E-state index contributed by atoms with van der Waals surface area (Å²) in [4.78, 5) is 0. The standard InChI is InChI=1S/C6H11Br2O/c1-3-5(9)6(2,8)4-7/h5H,3-4H2,1-2H3. The van der Waals surface area contributed by atoms with Crippen molar-refractivity contribution in [2.75, 3.05) is 5.33 Å². The molecular weight excluding hydrogens is 248 g/mol. The van der Waals surface area contributed by atoms with Crippen LogP contribution >= 0.6 is 31.9 Å². The van der Waals surface area contributed by atoms with Gasteiger partial charge in [-0.2, -0.15) is 0 Å². The molecule has 2 atom stereocenters. The van der Waals surface area contributed by atoms with Crippen LogP contribution < -0.4 is 0 Å². The molecule has 0 heterocycles. The van der Waals surface area contributed by atoms with Crippen molar-refractivity contribution in [3.63, 3.8) is 0 Å². The van der Waals surface area contributed by atoms with E-state index in [2.05, 4.69) is 31.9 Å². The summed E-state index contributed by atoms with van der Waals surface area (Å²) < 4.78 is -0.276. The van der Waals surface area contributed by atoms with Gasteiger partial charge in [-0.15, -0.1) is 0 Å². The van der Waals surface area contributed by atoms with Gasteiger partial charge in [0.05, 0.1) is 4.32 Å². The Bertz CT molecular complexity index is 83.1. The third-order valence-electron chi connectivity index (χ3n) is 1.30. The van der Waals surface area contributed by atoms with E-state index >= 15 is 0 Å². The van der Waals surface area contributed by atoms with Crippen LogP contribution in [-0.2, 0) is 5.11 Å². The Morgan fingerprint density at radius 2 is 2.11 bits per heavy atom. The molecule has 0 saturated heterocycles. The quantitative estimate of drug-likeness (QED) is 0.694. The molecule has 3 heteroatoms. The van der Waals surface area contributed by atoms with E-state index in [0.717, 1.165) is 0 Å². The zero-order valence-electron chi connectivity index (χ0n) is 5.66. The normalized spacial score (nSPS) is 21.0. The summed E-state index contributed by atoms with van der Waals surface area (Å²) in [6.45, 7) is 3.81. The van der Waals surface area contributed by atoms with Crippen molar-refractivity contribution in [3.05, 3.63) is 0 Å². The van der Waals surface area contributed by atoms with Crippen LogP contribution in [-0.4, -0.2) is 15.8 Å². The minimum absolute atomic E-state index is 0.276. The van der Waals surface area contributed by atoms with Gasteiger partial charge in [0, 0.05) is 5.33 Å². The predicted molar refractivity (Wildman–Crippen MR) is 45.9 cm³/mol. The van der Waals surface area contributed by atoms with Gasteiger partial charge in [0.1, 0.15) is 6.10 Å². The van der Waals surface area contributed by atoms with E-state index in [0.29, 0.717) is 11.8 Å². The van der Waals surface area contributed by atoms with Crippen molar-refractivity contribution in [1.82, 2.24) is 0 Å². The number of hydrogen-bond donors (Lipinski definition) is 0. The maximum absolute atomic E-state index is 11.1. The van der Waals surface area contributed by atoms with Crippen LogP contribution in [0.25, 0.3) is 0 Å². The molecule has 0 spiro atoms. The summed E-state index contributed by atoms with van der Waals surface area (Å²) in [5.74, 6) is 0. The smallest absolute Gasteiger partial charge is 0.108 e. The van der Waals surface area contributed by atoms with Crippen LogP contribution in [0.2, 0.25) is 0 Å². The average Bonchev–Trinajstić information content (AvgIpc) is 1.86. The van der Waals surface area contributed by atoms with E-state index in [-0.39, 0.29) is 4.32 Å². The van der Waals surface area contributed by atoms with Gasteiger partial charge in [-0.05, 0) is 13.3 Å². The topological polar surface area (TPSA) is 19.9 Å². The van der Waals surface area contributed by atoms with E-state index in [4.69, 9.17) is 0 Å². The zero-order chi connectivity index (χ0) is 7.49. The van der Waals surface area contributed by atoms with Gasteiger partial charge in [0.25, 0.3) is 0 Å². The van der Waals surface area contributed by atoms with Crippen molar-refractivity contribution >= 4 is 31.9 Å². The molecule has 1 radical (unpaired) electrons. The van der Waals surface area contributed by atoms with Gasteiger partial charge in [0.15, 0.2) is 0 Å². The first-order valence-electron chi connectivity index (χ1n) is 2.95. The van der Waals surface area contributed by atoms with Gasteiger partial charge in [-0.1, -0.05) is 38.8 Å². The molecule has 0 bridgehead atoms. The highest BCUT2D eigenvalue weighted by Gasteiger charge is 2.28. The van der Waals surface area contributed by atoms with E-state index in [1.54, 1.807) is 0 Å². The second kappa shape index (κ2) is 3.94. The van der Waals surface area contributed by atoms with Crippen LogP contribution in [0, 0.1) is 0 Å². The van der Waals surface area contributed by atoms with Crippen LogP contribution in [0.3, 0.4) is 0 Å². The van der Waals surface area contributed by atoms with Gasteiger partial charge in [-0.25, -0.2) is 5.11 Å². The molecular formula is C6H11Br2O. The monoisotopic (exact) mass is 257 g/mol. The molecule has 0 rings (SSSR count). The highest BCUT2D eigenvalue weighted by molar-refractivity contribution is 9.12. The maximum Gasteiger partial charge on any atom is 0.108 e. The van der Waals surface area contributed by atoms with Gasteiger partial charge < -0.3 is 0 Å². The number of halogens is 2. The lowest BCUT2D eigenvalue weighted by atomic mass is 10.1. The molecule has 0 aliphatic rings. The fourth-order valence-corrected chi connectivity index (χ4v) is 1.20. The summed E-state index contributed by atoms with van der Waals surface area (Å²) in [7, 11) is 0. The summed E-state index contributed by atoms with van der Waals surface area (Å²) in [6.07, 6.45) is 0.157. The fourth-order valence-electron chi connectivity index (χ4n) is 0.512. The number of rotatable bonds is 3. The first-order valence-corrected chi connectivity index (χ1v) is 4.86. The molecule has 0 amide bonds. The molecule has 0 saturated carbocycles. The summed E-state index contributed by atoms with van der Waals surface area (Å²) in [5, 5.41) is 11.8. The number of hydrogen-bond acceptors (Lipinski definition) is 0. The average molecular weight is 259 g/mol. The molecule has 1 nitrogen and oxygen atoms in total. The van der Waals surface area contributed by atoms with Gasteiger partial charge in [0.2, 0.25) is 0 Å². The van der Waals surface area contributed by atoms with Crippen LogP contribution in [0.1, 0.15) is 20.3 Å². The Morgan fingerprint density at radius 1 is 1.67 bits per heavy atom. The van der Waals surface area contributed by atoms with Gasteiger partial charge in [-0.3, -0.25) is 0 Å². The third-order valence-corrected chi connectivity index (χ3v) is 4.01. The largest absolute Gasteiger partial charge is 0.232 e. The molecule has 55 valence electrons. The van der Waals surface area contributed by atoms with E-state index < -0.39 is 6.10 Å². The predicted octanol–water partition coefficient (Wildman–Crippen LogP) is 2.74. The molecule has 0 aromatic rings. The molecule has 0 fully saturated rings. The summed E-state index contributed by atoms with van der Waals surface area (Å²) in [5.41, 5.74) is 0. The molecule has 0 aliphatic heterocycles. The molecule has 0 aliphatic carbocycles. The lowest BCUT2D eigenvalue weighted by Gasteiger charge is -2.22. The second-order valence-corrected chi connectivity index (χ2v) is 4.68. The summed E-state index contributed by atoms with van der Waals surface area (Å²) in [6, 6.07) is 0. The lowest BCUT2D eigenvalue weighted by molar-refractivity contribution is 0.0642. The van der Waals surface area contributed by atoms with Crippen molar-refractivity contribution in [2.45, 2.75) is 30.7 Å². The van der Waals surface area contributed by atoms with Crippen molar-refractivity contribution in [1.29, 1.82) is 0 Å². The molecule has 0 aromatic carbocycles. The molecule has 0 aromatic heterocycles. The van der Waals surface area contributed by atoms with Crippen molar-refractivity contribution in [2.24, 2.45) is 0 Å². The van der Waals surface area contributed by atoms with Crippen LogP contribution in [0.4, 0.5) is 0 Å². The lowest BCUT2D eigenvalue weighted by Crippen LogP contribution is -2.32. The third kappa shape index (κ3) is 3.01. The van der Waals surface area contributed by atoms with Crippen molar-refractivity contribution in [3.8, 4) is 0 Å². The summed E-state index contributed by atoms with van der Waals surface area (Å²) >= 11 is 6.61. The van der Waals surface area contributed by atoms with E-state index in [1.807, 2.05) is 13.8 Å². The van der Waals surface area contributed by atoms with Gasteiger partial charge >= 0.3 is 0 Å². The van der Waals surface area contributed by atoms with Crippen LogP contribution in [0.15, 0.2) is 0 Å². The minimum Gasteiger partial charge on any atom is -0.232 e. The highest BCUT2D eigenvalue weighted by Crippen LogP contribution is 2.26. The second-order valence-electron chi connectivity index (χ2n) is 2.31. The van der Waals surface area contributed by atoms with Crippen LogP contribution in [0.5, 0.6) is 0 Å². The number of alkyl halides is 2. The van der Waals surface area contributed by atoms with E-state index in [1.165, 1.54) is 0 Å². The Kier molecular flexibility index (Phi) is 4.34. The molecule has 9 heavy (non-hydrogen) atoms. The maximum atomic E-state index is 11.1. The Hall–Kier alpha value is 0.920. The molecule has 2 unspecified atom stereocenters. The Labute approximate surface area is 73.1 Å². The first-order chi connectivity index (χ1) is 4.04. The highest BCUT2D eigenvalue weighted by atomic mass is 79.9. The Balaban J connectivity index is 3.80. The van der Waals surface area contributed by atoms with Crippen molar-refractivity contribution < 1.29 is 5.11 Å². The minimum atomic E-state index is -0.517. The fraction of sp³-hybridized carbons (Fsp3) is 1.00. The van der Waals surface area contributed by atoms with E-state index in [9.17, 15) is 5.11 Å². The Morgan fingerprint density at radius 3 is 2.22 bits per heavy atom. The molecule has 0 N–H and O–H groups in total. The SMILES string of the molecule is CCC([O])C(C)(Br)CBr.